The molecule has 0 radical (unpaired) electrons. The third-order valence-corrected chi connectivity index (χ3v) is 2.48. The minimum atomic E-state index is -0.373. The van der Waals surface area contributed by atoms with Crippen LogP contribution in [-0.4, -0.2) is 5.97 Å². The zero-order chi connectivity index (χ0) is 9.47. The number of carbonyl (C=O) groups excluding carboxylic acids is 1. The Morgan fingerprint density at radius 2 is 2.15 bits per heavy atom. The first-order chi connectivity index (χ1) is 6.12. The molecule has 1 aromatic rings. The number of fused-ring (bicyclic) bond motifs is 1. The lowest BCUT2D eigenvalue weighted by atomic mass is 9.74. The molecule has 2 nitrogen and oxygen atoms in total. The SMILES string of the molecule is CC(=O)OC1(C)Cc2ccccc21. The van der Waals surface area contributed by atoms with Gasteiger partial charge >= 0.3 is 5.97 Å². The van der Waals surface area contributed by atoms with Crippen LogP contribution in [0.5, 0.6) is 0 Å². The summed E-state index contributed by atoms with van der Waals surface area (Å²) in [6.07, 6.45) is 0.836. The molecule has 13 heavy (non-hydrogen) atoms. The van der Waals surface area contributed by atoms with E-state index in [1.54, 1.807) is 0 Å². The molecule has 0 N–H and O–H groups in total. The van der Waals surface area contributed by atoms with Gasteiger partial charge < -0.3 is 4.74 Å². The second-order valence-electron chi connectivity index (χ2n) is 3.66. The molecule has 2 heteroatoms. The maximum absolute atomic E-state index is 10.8. The van der Waals surface area contributed by atoms with Crippen LogP contribution in [0, 0.1) is 0 Å². The first-order valence-corrected chi connectivity index (χ1v) is 4.40. The highest BCUT2D eigenvalue weighted by atomic mass is 16.6. The molecule has 0 spiro atoms. The fourth-order valence-electron chi connectivity index (χ4n) is 1.95. The zero-order valence-corrected chi connectivity index (χ0v) is 7.83. The molecule has 0 aromatic heterocycles. The summed E-state index contributed by atoms with van der Waals surface area (Å²) < 4.78 is 5.26. The number of hydrogen-bond acceptors (Lipinski definition) is 2. The van der Waals surface area contributed by atoms with Crippen molar-refractivity contribution in [2.75, 3.05) is 0 Å². The molecule has 0 heterocycles. The molecule has 0 saturated heterocycles. The summed E-state index contributed by atoms with van der Waals surface area (Å²) in [7, 11) is 0. The first kappa shape index (κ1) is 8.30. The lowest BCUT2D eigenvalue weighted by molar-refractivity contribution is -0.158. The van der Waals surface area contributed by atoms with E-state index in [2.05, 4.69) is 6.07 Å². The second kappa shape index (κ2) is 2.59. The van der Waals surface area contributed by atoms with Gasteiger partial charge in [0.1, 0.15) is 5.60 Å². The molecule has 1 unspecified atom stereocenters. The third kappa shape index (κ3) is 1.22. The molecule has 1 aliphatic rings. The van der Waals surface area contributed by atoms with E-state index in [0.29, 0.717) is 0 Å². The van der Waals surface area contributed by atoms with Crippen LogP contribution in [0.3, 0.4) is 0 Å². The van der Waals surface area contributed by atoms with Crippen molar-refractivity contribution >= 4 is 5.97 Å². The predicted molar refractivity (Wildman–Crippen MR) is 49.3 cm³/mol. The molecular weight excluding hydrogens is 164 g/mol. The lowest BCUT2D eigenvalue weighted by Gasteiger charge is -2.39. The lowest BCUT2D eigenvalue weighted by Crippen LogP contribution is -2.39. The Balaban J connectivity index is 2.28. The maximum atomic E-state index is 10.8. The van der Waals surface area contributed by atoms with Crippen LogP contribution in [0.1, 0.15) is 25.0 Å². The summed E-state index contributed by atoms with van der Waals surface area (Å²) in [4.78, 5) is 10.8. The Bertz CT molecular complexity index is 357. The Hall–Kier alpha value is -1.31. The van der Waals surface area contributed by atoms with Gasteiger partial charge in [-0.3, -0.25) is 4.79 Å². The normalized spacial score (nSPS) is 24.5. The summed E-state index contributed by atoms with van der Waals surface area (Å²) in [6.45, 7) is 3.41. The smallest absolute Gasteiger partial charge is 0.303 e. The fraction of sp³-hybridized carbons (Fsp3) is 0.364. The van der Waals surface area contributed by atoms with Gasteiger partial charge in [-0.05, 0) is 18.1 Å². The summed E-state index contributed by atoms with van der Waals surface area (Å²) >= 11 is 0. The topological polar surface area (TPSA) is 26.3 Å². The van der Waals surface area contributed by atoms with Gasteiger partial charge in [0.25, 0.3) is 0 Å². The van der Waals surface area contributed by atoms with Gasteiger partial charge in [-0.1, -0.05) is 24.3 Å². The van der Waals surface area contributed by atoms with Gasteiger partial charge in [-0.2, -0.15) is 0 Å². The fourth-order valence-corrected chi connectivity index (χ4v) is 1.95. The molecule has 0 saturated carbocycles. The van der Waals surface area contributed by atoms with Crippen molar-refractivity contribution in [3.8, 4) is 0 Å². The van der Waals surface area contributed by atoms with E-state index in [1.165, 1.54) is 12.5 Å². The number of benzene rings is 1. The minimum absolute atomic E-state index is 0.211. The predicted octanol–water partition coefficient (Wildman–Crippen LogP) is 2.02. The van der Waals surface area contributed by atoms with E-state index in [1.807, 2.05) is 25.1 Å². The largest absolute Gasteiger partial charge is 0.454 e. The highest BCUT2D eigenvalue weighted by Crippen LogP contribution is 2.41. The zero-order valence-electron chi connectivity index (χ0n) is 7.83. The van der Waals surface area contributed by atoms with Gasteiger partial charge in [-0.15, -0.1) is 0 Å². The molecule has 1 atom stereocenters. The van der Waals surface area contributed by atoms with Crippen molar-refractivity contribution in [2.45, 2.75) is 25.9 Å². The van der Waals surface area contributed by atoms with Crippen LogP contribution in [0.4, 0.5) is 0 Å². The Morgan fingerprint density at radius 1 is 1.46 bits per heavy atom. The number of ether oxygens (including phenoxy) is 1. The molecular formula is C11H12O2. The van der Waals surface area contributed by atoms with Crippen LogP contribution in [-0.2, 0) is 21.6 Å². The van der Waals surface area contributed by atoms with E-state index in [4.69, 9.17) is 4.74 Å². The van der Waals surface area contributed by atoms with Crippen molar-refractivity contribution in [1.29, 1.82) is 0 Å². The molecule has 0 amide bonds. The van der Waals surface area contributed by atoms with E-state index in [0.717, 1.165) is 12.0 Å². The van der Waals surface area contributed by atoms with Gasteiger partial charge in [0.05, 0.1) is 0 Å². The highest BCUT2D eigenvalue weighted by molar-refractivity contribution is 5.67. The number of esters is 1. The van der Waals surface area contributed by atoms with Crippen molar-refractivity contribution in [2.24, 2.45) is 0 Å². The average molecular weight is 176 g/mol. The van der Waals surface area contributed by atoms with E-state index in [9.17, 15) is 4.79 Å². The van der Waals surface area contributed by atoms with Crippen LogP contribution in [0.2, 0.25) is 0 Å². The average Bonchev–Trinajstić information content (AvgIpc) is 2.02. The van der Waals surface area contributed by atoms with Crippen molar-refractivity contribution in [1.82, 2.24) is 0 Å². The van der Waals surface area contributed by atoms with Crippen LogP contribution >= 0.6 is 0 Å². The van der Waals surface area contributed by atoms with Gasteiger partial charge in [0.15, 0.2) is 0 Å². The molecule has 1 aliphatic carbocycles. The van der Waals surface area contributed by atoms with Gasteiger partial charge in [0.2, 0.25) is 0 Å². The Labute approximate surface area is 77.5 Å². The Morgan fingerprint density at radius 3 is 2.77 bits per heavy atom. The number of carbonyl (C=O) groups is 1. The van der Waals surface area contributed by atoms with Crippen LogP contribution in [0.15, 0.2) is 24.3 Å². The van der Waals surface area contributed by atoms with Crippen molar-refractivity contribution in [3.05, 3.63) is 35.4 Å². The minimum Gasteiger partial charge on any atom is -0.454 e. The van der Waals surface area contributed by atoms with Crippen molar-refractivity contribution < 1.29 is 9.53 Å². The number of hydrogen-bond donors (Lipinski definition) is 0. The molecule has 0 fully saturated rings. The number of rotatable bonds is 1. The van der Waals surface area contributed by atoms with Crippen LogP contribution < -0.4 is 0 Å². The van der Waals surface area contributed by atoms with E-state index >= 15 is 0 Å². The summed E-state index contributed by atoms with van der Waals surface area (Å²) in [5, 5.41) is 0. The molecule has 0 bridgehead atoms. The van der Waals surface area contributed by atoms with Crippen molar-refractivity contribution in [3.63, 3.8) is 0 Å². The maximum Gasteiger partial charge on any atom is 0.303 e. The molecule has 0 aliphatic heterocycles. The summed E-state index contributed by atoms with van der Waals surface area (Å²) in [5.41, 5.74) is 2.05. The molecule has 1 aromatic carbocycles. The Kier molecular flexibility index (Phi) is 1.65. The quantitative estimate of drug-likeness (QED) is 0.612. The van der Waals surface area contributed by atoms with Gasteiger partial charge in [-0.25, -0.2) is 0 Å². The molecule has 2 rings (SSSR count). The third-order valence-electron chi connectivity index (χ3n) is 2.48. The van der Waals surface area contributed by atoms with E-state index < -0.39 is 0 Å². The van der Waals surface area contributed by atoms with Gasteiger partial charge in [0, 0.05) is 13.3 Å². The highest BCUT2D eigenvalue weighted by Gasteiger charge is 2.40. The summed E-state index contributed by atoms with van der Waals surface area (Å²) in [5.74, 6) is -0.211. The van der Waals surface area contributed by atoms with Crippen LogP contribution in [0.25, 0.3) is 0 Å². The standard InChI is InChI=1S/C11H12O2/c1-8(12)13-11(2)7-9-5-3-4-6-10(9)11/h3-6H,7H2,1-2H3. The first-order valence-electron chi connectivity index (χ1n) is 4.40. The monoisotopic (exact) mass is 176 g/mol. The summed E-state index contributed by atoms with van der Waals surface area (Å²) in [6, 6.07) is 8.06. The van der Waals surface area contributed by atoms with E-state index in [-0.39, 0.29) is 11.6 Å². The second-order valence-corrected chi connectivity index (χ2v) is 3.66. The molecule has 68 valence electrons.